The molecule has 0 amide bonds. The topological polar surface area (TPSA) is 26.7 Å². The average Bonchev–Trinajstić information content (AvgIpc) is 3.24. The first-order chi connectivity index (χ1) is 14.9. The van der Waals surface area contributed by atoms with Gasteiger partial charge in [-0.2, -0.15) is 13.2 Å². The van der Waals surface area contributed by atoms with E-state index < -0.39 is 12.6 Å². The molecule has 0 aromatic heterocycles. The van der Waals surface area contributed by atoms with Gasteiger partial charge in [0.05, 0.1) is 13.0 Å². The van der Waals surface area contributed by atoms with Crippen LogP contribution in [-0.4, -0.2) is 66.0 Å². The Labute approximate surface area is 183 Å². The number of nitrogens with zero attached hydrogens (tertiary/aromatic N) is 2. The number of rotatable bonds is 4. The van der Waals surface area contributed by atoms with Crippen molar-refractivity contribution in [2.24, 2.45) is 5.92 Å². The Hall–Kier alpha value is -1.55. The molecule has 0 spiro atoms. The molecule has 6 heteroatoms. The van der Waals surface area contributed by atoms with Crippen molar-refractivity contribution in [2.75, 3.05) is 32.8 Å². The molecule has 2 saturated heterocycles. The Morgan fingerprint density at radius 2 is 1.71 bits per heavy atom. The minimum Gasteiger partial charge on any atom is -0.395 e. The third-order valence-electron chi connectivity index (χ3n) is 7.24. The maximum Gasteiger partial charge on any atom is 0.390 e. The highest BCUT2D eigenvalue weighted by molar-refractivity contribution is 5.39. The summed E-state index contributed by atoms with van der Waals surface area (Å²) in [5.41, 5.74) is 2.17. The number of fused-ring (bicyclic) bond motifs is 1. The van der Waals surface area contributed by atoms with Gasteiger partial charge in [-0.1, -0.05) is 36.8 Å². The molecule has 1 aliphatic carbocycles. The van der Waals surface area contributed by atoms with Crippen molar-refractivity contribution in [3.8, 4) is 11.8 Å². The second-order valence-corrected chi connectivity index (χ2v) is 9.33. The van der Waals surface area contributed by atoms with E-state index in [9.17, 15) is 18.3 Å². The summed E-state index contributed by atoms with van der Waals surface area (Å²) in [4.78, 5) is 4.27. The second kappa shape index (κ2) is 9.94. The Morgan fingerprint density at radius 3 is 2.39 bits per heavy atom. The summed E-state index contributed by atoms with van der Waals surface area (Å²) in [5, 5.41) is 10.0. The van der Waals surface area contributed by atoms with Crippen LogP contribution in [0.15, 0.2) is 24.3 Å². The number of hydrogen-bond donors (Lipinski definition) is 1. The van der Waals surface area contributed by atoms with Crippen molar-refractivity contribution in [3.05, 3.63) is 35.4 Å². The van der Waals surface area contributed by atoms with Gasteiger partial charge in [0.25, 0.3) is 0 Å². The van der Waals surface area contributed by atoms with Gasteiger partial charge in [-0.3, -0.25) is 4.90 Å². The molecule has 0 radical (unpaired) electrons. The quantitative estimate of drug-likeness (QED) is 0.712. The van der Waals surface area contributed by atoms with E-state index in [0.29, 0.717) is 19.0 Å². The number of alkyl halides is 3. The first-order valence-electron chi connectivity index (χ1n) is 11.7. The molecule has 1 aromatic rings. The van der Waals surface area contributed by atoms with Gasteiger partial charge in [0.15, 0.2) is 0 Å². The molecular formula is C25H33F3N2O. The number of halogens is 3. The first kappa shape index (κ1) is 22.6. The number of aliphatic hydroxyl groups excluding tert-OH is 1. The van der Waals surface area contributed by atoms with Crippen LogP contribution in [0.2, 0.25) is 0 Å². The lowest BCUT2D eigenvalue weighted by Crippen LogP contribution is -2.67. The largest absolute Gasteiger partial charge is 0.395 e. The summed E-state index contributed by atoms with van der Waals surface area (Å²) in [6, 6.07) is 8.51. The molecule has 4 rings (SSSR count). The maximum atomic E-state index is 12.8. The van der Waals surface area contributed by atoms with Gasteiger partial charge in [-0.15, -0.1) is 0 Å². The molecule has 1 saturated carbocycles. The van der Waals surface area contributed by atoms with Gasteiger partial charge in [-0.05, 0) is 56.5 Å². The van der Waals surface area contributed by atoms with E-state index in [1.54, 1.807) is 0 Å². The highest BCUT2D eigenvalue weighted by atomic mass is 19.4. The van der Waals surface area contributed by atoms with E-state index in [1.807, 2.05) is 4.90 Å². The van der Waals surface area contributed by atoms with Crippen LogP contribution in [0.1, 0.15) is 62.0 Å². The van der Waals surface area contributed by atoms with E-state index in [-0.39, 0.29) is 31.2 Å². The molecule has 3 aliphatic rings. The molecule has 31 heavy (non-hydrogen) atoms. The summed E-state index contributed by atoms with van der Waals surface area (Å²) in [6.07, 6.45) is 1.94. The Bertz CT molecular complexity index is 777. The van der Waals surface area contributed by atoms with Crippen LogP contribution in [-0.2, 0) is 0 Å². The zero-order chi connectivity index (χ0) is 21.8. The summed E-state index contributed by atoms with van der Waals surface area (Å²) in [7, 11) is 0. The third-order valence-corrected chi connectivity index (χ3v) is 7.24. The summed E-state index contributed by atoms with van der Waals surface area (Å²) < 4.78 is 38.3. The molecule has 0 unspecified atom stereocenters. The molecule has 1 N–H and O–H groups in total. The van der Waals surface area contributed by atoms with Gasteiger partial charge in [0.1, 0.15) is 0 Å². The summed E-state index contributed by atoms with van der Waals surface area (Å²) in [5.74, 6) is 7.36. The highest BCUT2D eigenvalue weighted by Crippen LogP contribution is 2.42. The molecule has 2 aliphatic heterocycles. The summed E-state index contributed by atoms with van der Waals surface area (Å²) >= 11 is 0. The lowest BCUT2D eigenvalue weighted by molar-refractivity contribution is -0.140. The van der Waals surface area contributed by atoms with Crippen molar-refractivity contribution < 1.29 is 18.3 Å². The fraction of sp³-hybridized carbons (Fsp3) is 0.680. The molecule has 0 bridgehead atoms. The van der Waals surface area contributed by atoms with Gasteiger partial charge in [0, 0.05) is 42.6 Å². The Balaban J connectivity index is 1.45. The monoisotopic (exact) mass is 434 g/mol. The Kier molecular flexibility index (Phi) is 7.26. The Morgan fingerprint density at radius 1 is 1.00 bits per heavy atom. The SMILES string of the molecule is OC[C@@H]1[C@@H](c2ccc(C#CC3CCCC3)cc2)[C@H]2CN(CCC(F)(F)F)CCCCN12. The van der Waals surface area contributed by atoms with E-state index in [0.717, 1.165) is 30.5 Å². The van der Waals surface area contributed by atoms with Crippen LogP contribution in [0.4, 0.5) is 13.2 Å². The zero-order valence-electron chi connectivity index (χ0n) is 18.1. The predicted octanol–water partition coefficient (Wildman–Crippen LogP) is 4.41. The molecule has 3 atom stereocenters. The van der Waals surface area contributed by atoms with Crippen LogP contribution in [0.5, 0.6) is 0 Å². The summed E-state index contributed by atoms with van der Waals surface area (Å²) in [6.45, 7) is 2.38. The van der Waals surface area contributed by atoms with E-state index in [4.69, 9.17) is 0 Å². The van der Waals surface area contributed by atoms with Crippen molar-refractivity contribution in [1.82, 2.24) is 9.80 Å². The van der Waals surface area contributed by atoms with Crippen LogP contribution in [0.3, 0.4) is 0 Å². The predicted molar refractivity (Wildman–Crippen MR) is 116 cm³/mol. The normalized spacial score (nSPS) is 28.2. The minimum absolute atomic E-state index is 0.0444. The van der Waals surface area contributed by atoms with E-state index >= 15 is 0 Å². The van der Waals surface area contributed by atoms with Crippen LogP contribution in [0, 0.1) is 17.8 Å². The molecular weight excluding hydrogens is 401 g/mol. The lowest BCUT2D eigenvalue weighted by atomic mass is 9.74. The molecule has 170 valence electrons. The fourth-order valence-electron chi connectivity index (χ4n) is 5.54. The van der Waals surface area contributed by atoms with Crippen molar-refractivity contribution in [2.45, 2.75) is 69.1 Å². The first-order valence-corrected chi connectivity index (χ1v) is 11.7. The molecule has 3 fully saturated rings. The standard InChI is InChI=1S/C25H33F3N2O/c26-25(27,28)13-16-29-14-3-4-15-30-22(17-29)24(23(30)18-31)21-11-9-20(10-12-21)8-7-19-5-1-2-6-19/h9-12,19,22-24,31H,1-6,13-18H2/t22-,23-,24+/m1/s1. The highest BCUT2D eigenvalue weighted by Gasteiger charge is 2.49. The number of aliphatic hydroxyl groups is 1. The zero-order valence-corrected chi connectivity index (χ0v) is 18.1. The van der Waals surface area contributed by atoms with Crippen molar-refractivity contribution >= 4 is 0 Å². The average molecular weight is 435 g/mol. The smallest absolute Gasteiger partial charge is 0.390 e. The minimum atomic E-state index is -4.12. The van der Waals surface area contributed by atoms with Crippen molar-refractivity contribution in [3.63, 3.8) is 0 Å². The second-order valence-electron chi connectivity index (χ2n) is 9.33. The van der Waals surface area contributed by atoms with Gasteiger partial charge in [0.2, 0.25) is 0 Å². The third kappa shape index (κ3) is 5.63. The fourth-order valence-corrected chi connectivity index (χ4v) is 5.54. The molecule has 2 heterocycles. The van der Waals surface area contributed by atoms with Crippen molar-refractivity contribution in [1.29, 1.82) is 0 Å². The molecule has 3 nitrogen and oxygen atoms in total. The number of hydrogen-bond acceptors (Lipinski definition) is 3. The lowest BCUT2D eigenvalue weighted by Gasteiger charge is -2.57. The van der Waals surface area contributed by atoms with E-state index in [2.05, 4.69) is 41.0 Å². The van der Waals surface area contributed by atoms with Gasteiger partial charge >= 0.3 is 6.18 Å². The van der Waals surface area contributed by atoms with Gasteiger partial charge < -0.3 is 10.0 Å². The van der Waals surface area contributed by atoms with Gasteiger partial charge in [-0.25, -0.2) is 0 Å². The van der Waals surface area contributed by atoms with Crippen LogP contribution >= 0.6 is 0 Å². The van der Waals surface area contributed by atoms with Crippen LogP contribution < -0.4 is 0 Å². The number of benzene rings is 1. The van der Waals surface area contributed by atoms with Crippen LogP contribution in [0.25, 0.3) is 0 Å². The molecule has 1 aromatic carbocycles. The maximum absolute atomic E-state index is 12.8. The van der Waals surface area contributed by atoms with E-state index in [1.165, 1.54) is 25.7 Å².